The van der Waals surface area contributed by atoms with Crippen LogP contribution in [0.2, 0.25) is 0 Å². The van der Waals surface area contributed by atoms with Crippen LogP contribution in [0.5, 0.6) is 0 Å². The SMILES string of the molecule is N#Cc1c(-c2ccc(F)cc2F)nc2n1CCCN2. The predicted octanol–water partition coefficient (Wildman–Crippen LogP) is 2.52. The molecule has 2 aromatic rings. The Balaban J connectivity index is 2.20. The van der Waals surface area contributed by atoms with Gasteiger partial charge in [0.1, 0.15) is 29.1 Å². The van der Waals surface area contributed by atoms with Gasteiger partial charge in [0.15, 0.2) is 0 Å². The van der Waals surface area contributed by atoms with Crippen LogP contribution >= 0.6 is 0 Å². The van der Waals surface area contributed by atoms with Crippen LogP contribution in [-0.2, 0) is 6.54 Å². The summed E-state index contributed by atoms with van der Waals surface area (Å²) >= 11 is 0. The molecule has 0 unspecified atom stereocenters. The number of fused-ring (bicyclic) bond motifs is 1. The van der Waals surface area contributed by atoms with Crippen molar-refractivity contribution in [2.24, 2.45) is 0 Å². The number of nitriles is 1. The van der Waals surface area contributed by atoms with Crippen molar-refractivity contribution in [2.45, 2.75) is 13.0 Å². The van der Waals surface area contributed by atoms with Crippen LogP contribution in [0.3, 0.4) is 0 Å². The minimum atomic E-state index is -0.716. The first kappa shape index (κ1) is 11.7. The summed E-state index contributed by atoms with van der Waals surface area (Å²) in [5, 5.41) is 12.3. The van der Waals surface area contributed by atoms with Crippen LogP contribution < -0.4 is 5.32 Å². The first-order valence-corrected chi connectivity index (χ1v) is 5.90. The van der Waals surface area contributed by atoms with E-state index in [1.807, 2.05) is 6.07 Å². The summed E-state index contributed by atoms with van der Waals surface area (Å²) in [5.74, 6) is -0.810. The highest BCUT2D eigenvalue weighted by atomic mass is 19.1. The summed E-state index contributed by atoms with van der Waals surface area (Å²) in [6.07, 6.45) is 0.878. The molecule has 0 saturated carbocycles. The molecular weight excluding hydrogens is 250 g/mol. The number of nitrogens with zero attached hydrogens (tertiary/aromatic N) is 3. The van der Waals surface area contributed by atoms with E-state index in [9.17, 15) is 14.0 Å². The first-order chi connectivity index (χ1) is 9.20. The van der Waals surface area contributed by atoms with E-state index in [1.165, 1.54) is 6.07 Å². The standard InChI is InChI=1S/C13H10F2N4/c14-8-2-3-9(10(15)6-8)12-11(7-16)19-5-1-4-17-13(19)18-12/h2-3,6H,1,4-5H2,(H,17,18). The van der Waals surface area contributed by atoms with Gasteiger partial charge in [-0.3, -0.25) is 0 Å². The third-order valence-corrected chi connectivity index (χ3v) is 3.10. The number of hydrogen-bond donors (Lipinski definition) is 1. The fourth-order valence-corrected chi connectivity index (χ4v) is 2.23. The normalized spacial score (nSPS) is 13.5. The molecule has 0 spiro atoms. The van der Waals surface area contributed by atoms with E-state index in [0.717, 1.165) is 25.1 Å². The molecule has 0 bridgehead atoms. The second kappa shape index (κ2) is 4.35. The van der Waals surface area contributed by atoms with Gasteiger partial charge in [-0.2, -0.15) is 5.26 Å². The highest BCUT2D eigenvalue weighted by molar-refractivity contribution is 5.68. The maximum Gasteiger partial charge on any atom is 0.204 e. The highest BCUT2D eigenvalue weighted by Gasteiger charge is 2.22. The summed E-state index contributed by atoms with van der Waals surface area (Å²) in [7, 11) is 0. The smallest absolute Gasteiger partial charge is 0.204 e. The van der Waals surface area contributed by atoms with Crippen molar-refractivity contribution in [3.63, 3.8) is 0 Å². The van der Waals surface area contributed by atoms with Crippen molar-refractivity contribution in [2.75, 3.05) is 11.9 Å². The molecule has 2 heterocycles. The molecular formula is C13H10F2N4. The van der Waals surface area contributed by atoms with Crippen molar-refractivity contribution < 1.29 is 8.78 Å². The van der Waals surface area contributed by atoms with Gasteiger partial charge in [0.2, 0.25) is 5.95 Å². The van der Waals surface area contributed by atoms with Crippen LogP contribution in [0, 0.1) is 23.0 Å². The summed E-state index contributed by atoms with van der Waals surface area (Å²) in [4.78, 5) is 4.25. The molecule has 4 nitrogen and oxygen atoms in total. The molecule has 6 heteroatoms. The maximum absolute atomic E-state index is 13.8. The van der Waals surface area contributed by atoms with Gasteiger partial charge in [0, 0.05) is 24.7 Å². The fraction of sp³-hybridized carbons (Fsp3) is 0.231. The topological polar surface area (TPSA) is 53.6 Å². The zero-order valence-electron chi connectivity index (χ0n) is 9.95. The lowest BCUT2D eigenvalue weighted by Crippen LogP contribution is -2.18. The number of halogens is 2. The molecule has 0 radical (unpaired) electrons. The number of anilines is 1. The molecule has 1 aromatic heterocycles. The van der Waals surface area contributed by atoms with E-state index in [0.29, 0.717) is 18.2 Å². The number of rotatable bonds is 1. The zero-order valence-corrected chi connectivity index (χ0v) is 9.95. The van der Waals surface area contributed by atoms with E-state index in [4.69, 9.17) is 0 Å². The number of benzene rings is 1. The second-order valence-electron chi connectivity index (χ2n) is 4.30. The lowest BCUT2D eigenvalue weighted by molar-refractivity contribution is 0.585. The van der Waals surface area contributed by atoms with Crippen molar-refractivity contribution >= 4 is 5.95 Å². The highest BCUT2D eigenvalue weighted by Crippen LogP contribution is 2.29. The molecule has 1 N–H and O–H groups in total. The fourth-order valence-electron chi connectivity index (χ4n) is 2.23. The van der Waals surface area contributed by atoms with E-state index >= 15 is 0 Å². The number of hydrogen-bond acceptors (Lipinski definition) is 3. The molecule has 0 atom stereocenters. The first-order valence-electron chi connectivity index (χ1n) is 5.90. The minimum Gasteiger partial charge on any atom is -0.356 e. The molecule has 1 aliphatic heterocycles. The Kier molecular flexibility index (Phi) is 2.67. The van der Waals surface area contributed by atoms with Crippen molar-refractivity contribution in [1.82, 2.24) is 9.55 Å². The molecule has 0 aliphatic carbocycles. The average molecular weight is 260 g/mol. The molecule has 0 fully saturated rings. The van der Waals surface area contributed by atoms with Crippen LogP contribution in [0.1, 0.15) is 12.1 Å². The summed E-state index contributed by atoms with van der Waals surface area (Å²) in [5.41, 5.74) is 0.693. The van der Waals surface area contributed by atoms with Crippen molar-refractivity contribution in [1.29, 1.82) is 5.26 Å². The van der Waals surface area contributed by atoms with Gasteiger partial charge < -0.3 is 9.88 Å². The molecule has 96 valence electrons. The van der Waals surface area contributed by atoms with E-state index in [-0.39, 0.29) is 11.3 Å². The molecule has 1 aromatic carbocycles. The molecule has 0 amide bonds. The van der Waals surface area contributed by atoms with Crippen molar-refractivity contribution in [3.8, 4) is 17.3 Å². The Morgan fingerprint density at radius 3 is 2.95 bits per heavy atom. The summed E-state index contributed by atoms with van der Waals surface area (Å²) < 4.78 is 28.5. The van der Waals surface area contributed by atoms with Gasteiger partial charge in [-0.15, -0.1) is 0 Å². The van der Waals surface area contributed by atoms with Gasteiger partial charge in [-0.1, -0.05) is 0 Å². The number of nitrogens with one attached hydrogen (secondary N) is 1. The molecule has 3 rings (SSSR count). The van der Waals surface area contributed by atoms with Crippen LogP contribution in [0.25, 0.3) is 11.3 Å². The Labute approximate surface area is 108 Å². The third-order valence-electron chi connectivity index (χ3n) is 3.10. The maximum atomic E-state index is 13.8. The lowest BCUT2D eigenvalue weighted by Gasteiger charge is -2.15. The van der Waals surface area contributed by atoms with E-state index in [1.54, 1.807) is 4.57 Å². The zero-order chi connectivity index (χ0) is 13.4. The Morgan fingerprint density at radius 1 is 1.37 bits per heavy atom. The number of aromatic nitrogens is 2. The Morgan fingerprint density at radius 2 is 2.21 bits per heavy atom. The van der Waals surface area contributed by atoms with E-state index < -0.39 is 11.6 Å². The summed E-state index contributed by atoms with van der Waals surface area (Å²) in [6.45, 7) is 1.44. The second-order valence-corrected chi connectivity index (χ2v) is 4.30. The molecule has 19 heavy (non-hydrogen) atoms. The quantitative estimate of drug-likeness (QED) is 0.857. The van der Waals surface area contributed by atoms with Gasteiger partial charge in [-0.05, 0) is 18.6 Å². The minimum absolute atomic E-state index is 0.140. The van der Waals surface area contributed by atoms with Gasteiger partial charge >= 0.3 is 0 Å². The van der Waals surface area contributed by atoms with Gasteiger partial charge in [0.25, 0.3) is 0 Å². The Bertz CT molecular complexity index is 685. The monoisotopic (exact) mass is 260 g/mol. The molecule has 1 aliphatic rings. The number of imidazole rings is 1. The van der Waals surface area contributed by atoms with Crippen molar-refractivity contribution in [3.05, 3.63) is 35.5 Å². The van der Waals surface area contributed by atoms with Crippen LogP contribution in [-0.4, -0.2) is 16.1 Å². The largest absolute Gasteiger partial charge is 0.356 e. The summed E-state index contributed by atoms with van der Waals surface area (Å²) in [6, 6.07) is 5.30. The molecule has 0 saturated heterocycles. The average Bonchev–Trinajstić information content (AvgIpc) is 2.76. The van der Waals surface area contributed by atoms with Gasteiger partial charge in [-0.25, -0.2) is 13.8 Å². The predicted molar refractivity (Wildman–Crippen MR) is 65.4 cm³/mol. The third kappa shape index (κ3) is 1.83. The van der Waals surface area contributed by atoms with E-state index in [2.05, 4.69) is 10.3 Å². The Hall–Kier alpha value is -2.42. The van der Waals surface area contributed by atoms with Crippen LogP contribution in [0.4, 0.5) is 14.7 Å². The van der Waals surface area contributed by atoms with Gasteiger partial charge in [0.05, 0.1) is 0 Å². The van der Waals surface area contributed by atoms with Crippen LogP contribution in [0.15, 0.2) is 18.2 Å². The lowest BCUT2D eigenvalue weighted by atomic mass is 10.1.